The summed E-state index contributed by atoms with van der Waals surface area (Å²) in [5.74, 6) is 0.533. The molecule has 3 aromatic rings. The van der Waals surface area contributed by atoms with Gasteiger partial charge in [-0.15, -0.1) is 0 Å². The Balaban J connectivity index is 1.05. The number of carbonyl (C=O) groups excluding carboxylic acids is 3. The Hall–Kier alpha value is -3.89. The summed E-state index contributed by atoms with van der Waals surface area (Å²) < 4.78 is 18.5. The third-order valence-corrected chi connectivity index (χ3v) is 8.40. The Morgan fingerprint density at radius 1 is 0.857 bits per heavy atom. The maximum Gasteiger partial charge on any atom is 0.338 e. The summed E-state index contributed by atoms with van der Waals surface area (Å²) in [4.78, 5) is 44.2. The first-order valence-electron chi connectivity index (χ1n) is 14.6. The van der Waals surface area contributed by atoms with Crippen LogP contribution in [0, 0.1) is 6.92 Å². The average Bonchev–Trinajstić information content (AvgIpc) is 3.62. The maximum absolute atomic E-state index is 12.8. The Kier molecular flexibility index (Phi) is 9.44. The lowest BCUT2D eigenvalue weighted by Crippen LogP contribution is -2.50. The van der Waals surface area contributed by atoms with Crippen molar-refractivity contribution in [2.45, 2.75) is 26.2 Å². The molecule has 5 rings (SSSR count). The van der Waals surface area contributed by atoms with E-state index in [4.69, 9.17) is 14.2 Å². The van der Waals surface area contributed by atoms with Crippen molar-refractivity contribution in [2.24, 2.45) is 7.05 Å². The molecule has 0 N–H and O–H groups in total. The van der Waals surface area contributed by atoms with Crippen LogP contribution in [0.4, 0.5) is 0 Å². The van der Waals surface area contributed by atoms with Crippen LogP contribution in [0.5, 0.6) is 11.5 Å². The highest BCUT2D eigenvalue weighted by molar-refractivity contribution is 5.91. The van der Waals surface area contributed by atoms with Crippen LogP contribution < -0.4 is 9.47 Å². The van der Waals surface area contributed by atoms with Crippen molar-refractivity contribution in [3.05, 3.63) is 59.3 Å². The zero-order chi connectivity index (χ0) is 29.6. The van der Waals surface area contributed by atoms with Crippen LogP contribution in [0.2, 0.25) is 0 Å². The van der Waals surface area contributed by atoms with Gasteiger partial charge in [0.25, 0.3) is 0 Å². The Bertz CT molecular complexity index is 1420. The summed E-state index contributed by atoms with van der Waals surface area (Å²) in [6.07, 6.45) is 2.33. The third kappa shape index (κ3) is 6.94. The van der Waals surface area contributed by atoms with Crippen molar-refractivity contribution in [2.75, 3.05) is 66.1 Å². The summed E-state index contributed by atoms with van der Waals surface area (Å²) in [5.41, 5.74) is 3.30. The minimum absolute atomic E-state index is 0.114. The molecule has 10 nitrogen and oxygen atoms in total. The first kappa shape index (κ1) is 29.6. The predicted octanol–water partition coefficient (Wildman–Crippen LogP) is 3.04. The number of methoxy groups -OCH3 is 1. The second kappa shape index (κ2) is 13.4. The van der Waals surface area contributed by atoms with Crippen LogP contribution >= 0.6 is 0 Å². The molecular formula is C32H40N4O6. The minimum Gasteiger partial charge on any atom is -0.497 e. The van der Waals surface area contributed by atoms with E-state index in [1.165, 1.54) is 0 Å². The fourth-order valence-electron chi connectivity index (χ4n) is 5.73. The van der Waals surface area contributed by atoms with Gasteiger partial charge in [-0.2, -0.15) is 0 Å². The summed E-state index contributed by atoms with van der Waals surface area (Å²) in [6, 6.07) is 12.2. The van der Waals surface area contributed by atoms with Crippen molar-refractivity contribution in [3.63, 3.8) is 0 Å². The molecule has 10 heteroatoms. The molecule has 2 aromatic carbocycles. The summed E-state index contributed by atoms with van der Waals surface area (Å²) in [6.45, 7) is 8.55. The molecule has 0 bridgehead atoms. The highest BCUT2D eigenvalue weighted by Crippen LogP contribution is 2.29. The van der Waals surface area contributed by atoms with Gasteiger partial charge in [0.1, 0.15) is 18.1 Å². The SMILES string of the molecule is COc1ccc2c(c1)c(CC(=O)Oc1ccc(C(=O)OCCN3CCN(CC(=O)N4CCCC4)CC3)cc1)c(C)n2C. The highest BCUT2D eigenvalue weighted by atomic mass is 16.5. The van der Waals surface area contributed by atoms with Gasteiger partial charge in [0.2, 0.25) is 5.91 Å². The van der Waals surface area contributed by atoms with E-state index in [1.807, 2.05) is 37.1 Å². The number of carbonyl (C=O) groups is 3. The fraction of sp³-hybridized carbons (Fsp3) is 0.469. The highest BCUT2D eigenvalue weighted by Gasteiger charge is 2.23. The standard InChI is InChI=1S/C32H40N4O6/c1-23-27(28-20-26(40-3)10-11-29(28)33(23)2)21-31(38)42-25-8-6-24(7-9-25)32(39)41-19-18-34-14-16-35(17-15-34)22-30(37)36-12-4-5-13-36/h6-11,20H,4-5,12-19,21-22H2,1-3H3. The van der Waals surface area contributed by atoms with Crippen LogP contribution in [0.1, 0.15) is 34.5 Å². The van der Waals surface area contributed by atoms with Crippen molar-refractivity contribution in [1.29, 1.82) is 0 Å². The number of likely N-dealkylation sites (tertiary alicyclic amines) is 1. The van der Waals surface area contributed by atoms with Crippen molar-refractivity contribution in [3.8, 4) is 11.5 Å². The van der Waals surface area contributed by atoms with Crippen LogP contribution in [0.3, 0.4) is 0 Å². The molecule has 1 aromatic heterocycles. The Morgan fingerprint density at radius 3 is 2.21 bits per heavy atom. The zero-order valence-electron chi connectivity index (χ0n) is 24.8. The molecule has 0 unspecified atom stereocenters. The molecule has 1 amide bonds. The van der Waals surface area contributed by atoms with Crippen LogP contribution in [0.25, 0.3) is 10.9 Å². The van der Waals surface area contributed by atoms with Gasteiger partial charge < -0.3 is 23.7 Å². The van der Waals surface area contributed by atoms with Crippen LogP contribution in [-0.4, -0.2) is 103 Å². The Morgan fingerprint density at radius 2 is 1.52 bits per heavy atom. The minimum atomic E-state index is -0.414. The molecule has 2 saturated heterocycles. The largest absolute Gasteiger partial charge is 0.497 e. The molecular weight excluding hydrogens is 536 g/mol. The number of hydrogen-bond acceptors (Lipinski definition) is 8. The number of aryl methyl sites for hydroxylation is 1. The lowest BCUT2D eigenvalue weighted by molar-refractivity contribution is -0.133. The molecule has 0 spiro atoms. The van der Waals surface area contributed by atoms with Gasteiger partial charge in [0.15, 0.2) is 0 Å². The molecule has 0 radical (unpaired) electrons. The van der Waals surface area contributed by atoms with Crippen molar-refractivity contribution >= 4 is 28.7 Å². The van der Waals surface area contributed by atoms with E-state index in [1.54, 1.807) is 31.4 Å². The van der Waals surface area contributed by atoms with E-state index < -0.39 is 5.97 Å². The number of hydrogen-bond donors (Lipinski definition) is 0. The average molecular weight is 577 g/mol. The van der Waals surface area contributed by atoms with Gasteiger partial charge in [0, 0.05) is 69.5 Å². The number of rotatable bonds is 10. The van der Waals surface area contributed by atoms with Gasteiger partial charge in [-0.1, -0.05) is 0 Å². The number of benzene rings is 2. The summed E-state index contributed by atoms with van der Waals surface area (Å²) in [5, 5.41) is 0.957. The molecule has 0 aliphatic carbocycles. The lowest BCUT2D eigenvalue weighted by atomic mass is 10.1. The predicted molar refractivity (Wildman–Crippen MR) is 159 cm³/mol. The molecule has 224 valence electrons. The first-order valence-corrected chi connectivity index (χ1v) is 14.6. The van der Waals surface area contributed by atoms with Gasteiger partial charge in [-0.05, 0) is 67.8 Å². The molecule has 0 saturated carbocycles. The van der Waals surface area contributed by atoms with E-state index >= 15 is 0 Å². The number of nitrogens with zero attached hydrogens (tertiary/aromatic N) is 4. The van der Waals surface area contributed by atoms with E-state index in [0.29, 0.717) is 24.4 Å². The number of amides is 1. The van der Waals surface area contributed by atoms with Gasteiger partial charge in [-0.3, -0.25) is 19.4 Å². The number of aromatic nitrogens is 1. The monoisotopic (exact) mass is 576 g/mol. The number of piperazine rings is 1. The quantitative estimate of drug-likeness (QED) is 0.269. The maximum atomic E-state index is 12.8. The van der Waals surface area contributed by atoms with Gasteiger partial charge in [-0.25, -0.2) is 4.79 Å². The molecule has 2 aliphatic heterocycles. The molecule has 2 aliphatic rings. The van der Waals surface area contributed by atoms with E-state index in [9.17, 15) is 14.4 Å². The zero-order valence-corrected chi connectivity index (χ0v) is 24.8. The third-order valence-electron chi connectivity index (χ3n) is 8.40. The number of fused-ring (bicyclic) bond motifs is 1. The summed E-state index contributed by atoms with van der Waals surface area (Å²) >= 11 is 0. The first-order chi connectivity index (χ1) is 20.3. The Labute approximate surface area is 246 Å². The van der Waals surface area contributed by atoms with E-state index in [0.717, 1.165) is 80.0 Å². The van der Waals surface area contributed by atoms with Gasteiger partial charge in [0.05, 0.1) is 25.6 Å². The van der Waals surface area contributed by atoms with Crippen molar-refractivity contribution in [1.82, 2.24) is 19.3 Å². The van der Waals surface area contributed by atoms with Crippen molar-refractivity contribution < 1.29 is 28.6 Å². The molecule has 3 heterocycles. The normalized spacial score (nSPS) is 16.1. The number of ether oxygens (including phenoxy) is 3. The van der Waals surface area contributed by atoms with Crippen LogP contribution in [0.15, 0.2) is 42.5 Å². The number of esters is 2. The topological polar surface area (TPSA) is 93.5 Å². The van der Waals surface area contributed by atoms with Gasteiger partial charge >= 0.3 is 11.9 Å². The smallest absolute Gasteiger partial charge is 0.338 e. The second-order valence-corrected chi connectivity index (χ2v) is 11.0. The van der Waals surface area contributed by atoms with Crippen LogP contribution in [-0.2, 0) is 27.8 Å². The van der Waals surface area contributed by atoms with E-state index in [2.05, 4.69) is 14.4 Å². The molecule has 2 fully saturated rings. The molecule has 0 atom stereocenters. The second-order valence-electron chi connectivity index (χ2n) is 11.0. The lowest BCUT2D eigenvalue weighted by Gasteiger charge is -2.34. The summed E-state index contributed by atoms with van der Waals surface area (Å²) in [7, 11) is 3.59. The van der Waals surface area contributed by atoms with E-state index in [-0.39, 0.29) is 24.9 Å². The molecule has 42 heavy (non-hydrogen) atoms. The fourth-order valence-corrected chi connectivity index (χ4v) is 5.73.